The molecule has 1 heterocycles. The van der Waals surface area contributed by atoms with Gasteiger partial charge >= 0.3 is 0 Å². The number of hydrazone groups is 1. The Bertz CT molecular complexity index is 832. The predicted octanol–water partition coefficient (Wildman–Crippen LogP) is 1.55. The predicted molar refractivity (Wildman–Crippen MR) is 89.4 cm³/mol. The lowest BCUT2D eigenvalue weighted by Gasteiger charge is -2.01. The van der Waals surface area contributed by atoms with Gasteiger partial charge in [-0.25, -0.2) is 10.4 Å². The van der Waals surface area contributed by atoms with Crippen molar-refractivity contribution in [2.45, 2.75) is 12.1 Å². The van der Waals surface area contributed by atoms with Crippen LogP contribution in [-0.4, -0.2) is 32.8 Å². The number of nitro groups is 1. The van der Waals surface area contributed by atoms with E-state index in [4.69, 9.17) is 0 Å². The van der Waals surface area contributed by atoms with Crippen molar-refractivity contribution in [3.63, 3.8) is 0 Å². The lowest BCUT2D eigenvalue weighted by atomic mass is 10.2. The molecule has 0 aliphatic carbocycles. The highest BCUT2D eigenvalue weighted by atomic mass is 32.2. The summed E-state index contributed by atoms with van der Waals surface area (Å²) in [6.45, 7) is 1.89. The van der Waals surface area contributed by atoms with Crippen LogP contribution >= 0.6 is 11.8 Å². The lowest BCUT2D eigenvalue weighted by molar-refractivity contribution is -0.384. The van der Waals surface area contributed by atoms with Gasteiger partial charge in [0, 0.05) is 18.2 Å². The van der Waals surface area contributed by atoms with E-state index in [1.165, 1.54) is 42.2 Å². The van der Waals surface area contributed by atoms with Gasteiger partial charge in [-0.15, -0.1) is 0 Å². The molecule has 2 rings (SSSR count). The molecule has 0 radical (unpaired) electrons. The third-order valence-electron chi connectivity index (χ3n) is 2.72. The number of carbonyl (C=O) groups is 1. The summed E-state index contributed by atoms with van der Waals surface area (Å²) in [5.41, 5.74) is 2.32. The number of nitrogens with one attached hydrogen (secondary N) is 2. The van der Waals surface area contributed by atoms with Crippen LogP contribution in [0.4, 0.5) is 5.69 Å². The van der Waals surface area contributed by atoms with Gasteiger partial charge in [0.1, 0.15) is 5.69 Å². The molecule has 9 nitrogen and oxygen atoms in total. The van der Waals surface area contributed by atoms with Crippen LogP contribution in [0.15, 0.2) is 45.4 Å². The number of carbonyl (C=O) groups excluding carboxylic acids is 1. The number of nitrogens with zero attached hydrogens (tertiary/aromatic N) is 3. The minimum Gasteiger partial charge on any atom is -0.301 e. The molecule has 124 valence electrons. The van der Waals surface area contributed by atoms with Gasteiger partial charge in [-0.2, -0.15) is 5.10 Å². The van der Waals surface area contributed by atoms with Crippen molar-refractivity contribution in [3.05, 3.63) is 62.1 Å². The summed E-state index contributed by atoms with van der Waals surface area (Å²) in [5, 5.41) is 14.7. The molecule has 0 saturated carbocycles. The van der Waals surface area contributed by atoms with Gasteiger partial charge in [0.2, 0.25) is 0 Å². The molecule has 1 aromatic carbocycles. The Labute approximate surface area is 140 Å². The summed E-state index contributed by atoms with van der Waals surface area (Å²) >= 11 is 1.31. The third-order valence-corrected chi connectivity index (χ3v) is 3.47. The molecule has 0 aliphatic rings. The van der Waals surface area contributed by atoms with E-state index in [0.717, 1.165) is 6.07 Å². The molecule has 0 aliphatic heterocycles. The van der Waals surface area contributed by atoms with E-state index in [-0.39, 0.29) is 11.4 Å². The SMILES string of the molecule is CCSc1nc(C(=O)N/N=C/c2ccc([N+](=O)[O-])cc2)cc(=O)[nH]1. The van der Waals surface area contributed by atoms with Gasteiger partial charge in [-0.1, -0.05) is 18.7 Å². The van der Waals surface area contributed by atoms with E-state index in [1.54, 1.807) is 0 Å². The average Bonchev–Trinajstić information content (AvgIpc) is 2.55. The molecule has 2 N–H and O–H groups in total. The largest absolute Gasteiger partial charge is 0.301 e. The van der Waals surface area contributed by atoms with Crippen LogP contribution in [0, 0.1) is 10.1 Å². The first-order chi connectivity index (χ1) is 11.5. The second kappa shape index (κ2) is 8.02. The molecule has 0 saturated heterocycles. The maximum absolute atomic E-state index is 11.9. The quantitative estimate of drug-likeness (QED) is 0.268. The molecule has 0 spiro atoms. The Hall–Kier alpha value is -3.01. The van der Waals surface area contributed by atoms with Crippen LogP contribution in [0.2, 0.25) is 0 Å². The van der Waals surface area contributed by atoms with Crippen molar-refractivity contribution in [2.75, 3.05) is 5.75 Å². The van der Waals surface area contributed by atoms with Gasteiger partial charge in [0.05, 0.1) is 11.1 Å². The van der Waals surface area contributed by atoms with Crippen molar-refractivity contribution in [2.24, 2.45) is 5.10 Å². The number of benzene rings is 1. The number of H-pyrrole nitrogens is 1. The Balaban J connectivity index is 2.04. The Morgan fingerprint density at radius 3 is 2.79 bits per heavy atom. The zero-order valence-electron chi connectivity index (χ0n) is 12.6. The molecule has 0 fully saturated rings. The average molecular weight is 347 g/mol. The van der Waals surface area contributed by atoms with Crippen LogP contribution in [0.25, 0.3) is 0 Å². The van der Waals surface area contributed by atoms with Crippen molar-refractivity contribution < 1.29 is 9.72 Å². The number of hydrogen-bond acceptors (Lipinski definition) is 7. The smallest absolute Gasteiger partial charge is 0.290 e. The van der Waals surface area contributed by atoms with E-state index in [0.29, 0.717) is 16.5 Å². The fourth-order valence-corrected chi connectivity index (χ4v) is 2.27. The minimum atomic E-state index is -0.628. The molecule has 10 heteroatoms. The Kier molecular flexibility index (Phi) is 5.79. The molecular weight excluding hydrogens is 334 g/mol. The van der Waals surface area contributed by atoms with Crippen LogP contribution in [0.3, 0.4) is 0 Å². The molecular formula is C14H13N5O4S. The third kappa shape index (κ3) is 4.74. The molecule has 0 unspecified atom stereocenters. The molecule has 24 heavy (non-hydrogen) atoms. The molecule has 0 atom stereocenters. The molecule has 0 bridgehead atoms. The summed E-state index contributed by atoms with van der Waals surface area (Å²) in [5.74, 6) is 0.0731. The van der Waals surface area contributed by atoms with Crippen molar-refractivity contribution in [1.82, 2.24) is 15.4 Å². The Morgan fingerprint density at radius 1 is 1.46 bits per heavy atom. The highest BCUT2D eigenvalue weighted by Crippen LogP contribution is 2.11. The zero-order valence-corrected chi connectivity index (χ0v) is 13.4. The van der Waals surface area contributed by atoms with E-state index < -0.39 is 16.4 Å². The number of aromatic amines is 1. The van der Waals surface area contributed by atoms with Crippen LogP contribution < -0.4 is 11.0 Å². The summed E-state index contributed by atoms with van der Waals surface area (Å²) < 4.78 is 0. The van der Waals surface area contributed by atoms with Crippen molar-refractivity contribution in [3.8, 4) is 0 Å². The monoisotopic (exact) mass is 347 g/mol. The van der Waals surface area contributed by atoms with E-state index in [9.17, 15) is 19.7 Å². The number of nitro benzene ring substituents is 1. The topological polar surface area (TPSA) is 130 Å². The van der Waals surface area contributed by atoms with Crippen LogP contribution in [-0.2, 0) is 0 Å². The van der Waals surface area contributed by atoms with Gasteiger partial charge in [0.25, 0.3) is 17.2 Å². The maximum Gasteiger partial charge on any atom is 0.290 e. The molecule has 1 amide bonds. The van der Waals surface area contributed by atoms with E-state index in [1.807, 2.05) is 6.92 Å². The van der Waals surface area contributed by atoms with Crippen LogP contribution in [0.1, 0.15) is 23.0 Å². The van der Waals surface area contributed by atoms with Crippen molar-refractivity contribution in [1.29, 1.82) is 0 Å². The number of hydrogen-bond donors (Lipinski definition) is 2. The van der Waals surface area contributed by atoms with E-state index >= 15 is 0 Å². The number of aromatic nitrogens is 2. The summed E-state index contributed by atoms with van der Waals surface area (Å²) in [7, 11) is 0. The fraction of sp³-hybridized carbons (Fsp3) is 0.143. The van der Waals surface area contributed by atoms with Gasteiger partial charge < -0.3 is 4.98 Å². The normalized spacial score (nSPS) is 10.7. The highest BCUT2D eigenvalue weighted by Gasteiger charge is 2.09. The first kappa shape index (κ1) is 17.3. The van der Waals surface area contributed by atoms with Crippen molar-refractivity contribution >= 4 is 29.6 Å². The fourth-order valence-electron chi connectivity index (χ4n) is 1.66. The lowest BCUT2D eigenvalue weighted by Crippen LogP contribution is -2.22. The maximum atomic E-state index is 11.9. The highest BCUT2D eigenvalue weighted by molar-refractivity contribution is 7.99. The van der Waals surface area contributed by atoms with Gasteiger partial charge in [-0.3, -0.25) is 19.7 Å². The standard InChI is InChI=1S/C14H13N5O4S/c1-2-24-14-16-11(7-12(20)17-14)13(21)18-15-8-9-3-5-10(6-4-9)19(22)23/h3-8H,2H2,1H3,(H,18,21)(H,16,17,20)/b15-8+. The summed E-state index contributed by atoms with van der Waals surface area (Å²) in [6, 6.07) is 6.73. The van der Waals surface area contributed by atoms with E-state index in [2.05, 4.69) is 20.5 Å². The first-order valence-electron chi connectivity index (χ1n) is 6.81. The second-order valence-corrected chi connectivity index (χ2v) is 5.67. The van der Waals surface area contributed by atoms with Gasteiger partial charge in [-0.05, 0) is 23.4 Å². The summed E-state index contributed by atoms with van der Waals surface area (Å²) in [6.07, 6.45) is 1.33. The summed E-state index contributed by atoms with van der Waals surface area (Å²) in [4.78, 5) is 40.0. The molecule has 1 aromatic heterocycles. The second-order valence-electron chi connectivity index (χ2n) is 4.42. The Morgan fingerprint density at radius 2 is 2.17 bits per heavy atom. The molecule has 2 aromatic rings. The zero-order chi connectivity index (χ0) is 17.5. The number of non-ortho nitro benzene ring substituents is 1. The minimum absolute atomic E-state index is 0.0372. The number of rotatable bonds is 6. The number of amides is 1. The van der Waals surface area contributed by atoms with Gasteiger partial charge in [0.15, 0.2) is 5.16 Å². The number of thioether (sulfide) groups is 1. The first-order valence-corrected chi connectivity index (χ1v) is 7.80. The van der Waals surface area contributed by atoms with Crippen LogP contribution in [0.5, 0.6) is 0 Å².